The molecule has 7 nitrogen and oxygen atoms in total. The van der Waals surface area contributed by atoms with E-state index in [1.54, 1.807) is 0 Å². The molecule has 0 radical (unpaired) electrons. The predicted octanol–water partition coefficient (Wildman–Crippen LogP) is -0.591. The van der Waals surface area contributed by atoms with E-state index in [2.05, 4.69) is 15.5 Å². The molecule has 0 bridgehead atoms. The second-order valence-corrected chi connectivity index (χ2v) is 5.30. The van der Waals surface area contributed by atoms with Crippen LogP contribution in [-0.2, 0) is 19.1 Å². The molecule has 7 heteroatoms. The minimum absolute atomic E-state index is 0.349. The lowest BCUT2D eigenvalue weighted by molar-refractivity contribution is -0.110. The third-order valence-corrected chi connectivity index (χ3v) is 3.63. The highest BCUT2D eigenvalue weighted by molar-refractivity contribution is 5.49. The Hall–Kier alpha value is -1.02. The first kappa shape index (κ1) is 19.0. The Kier molecular flexibility index (Phi) is 11.8. The summed E-state index contributed by atoms with van der Waals surface area (Å²) in [6, 6.07) is 0. The van der Waals surface area contributed by atoms with Crippen LogP contribution in [-0.4, -0.2) is 82.8 Å². The van der Waals surface area contributed by atoms with Crippen molar-refractivity contribution in [3.05, 3.63) is 0 Å². The van der Waals surface area contributed by atoms with Crippen molar-refractivity contribution in [3.8, 4) is 0 Å². The maximum atomic E-state index is 10.2. The molecule has 0 aromatic heterocycles. The minimum atomic E-state index is 0.349. The summed E-state index contributed by atoms with van der Waals surface area (Å²) in [4.78, 5) is 22.6. The molecule has 1 rings (SSSR count). The number of hydrogen-bond donors (Lipinski definition) is 2. The molecule has 0 unspecified atom stereocenters. The molecule has 0 aromatic rings. The Labute approximate surface area is 132 Å². The molecular weight excluding hydrogens is 286 g/mol. The van der Waals surface area contributed by atoms with E-state index in [9.17, 15) is 9.59 Å². The average molecular weight is 315 g/mol. The average Bonchev–Trinajstić information content (AvgIpc) is 2.55. The Morgan fingerprint density at radius 3 is 2.59 bits per heavy atom. The van der Waals surface area contributed by atoms with Gasteiger partial charge in [-0.1, -0.05) is 0 Å². The Balaban J connectivity index is 1.90. The Morgan fingerprint density at radius 1 is 1.05 bits per heavy atom. The number of nitrogens with one attached hydrogen (secondary N) is 2. The van der Waals surface area contributed by atoms with Gasteiger partial charge in [-0.2, -0.15) is 0 Å². The summed E-state index contributed by atoms with van der Waals surface area (Å²) in [6.45, 7) is 7.09. The van der Waals surface area contributed by atoms with Crippen LogP contribution in [0.15, 0.2) is 0 Å². The molecule has 0 spiro atoms. The summed E-state index contributed by atoms with van der Waals surface area (Å²) in [5.74, 6) is 0. The number of carbonyl (C=O) groups is 2. The number of aldehydes is 1. The smallest absolute Gasteiger partial charge is 0.207 e. The molecule has 1 amide bonds. The zero-order valence-electron chi connectivity index (χ0n) is 13.3. The standard InChI is InChI=1S/C15H29N3O4/c19-10-1-4-16-6-12-22-15-2-7-18(8-3-15)9-13-21-11-5-17-14-20/h10,14-16H,1-9,11-13H2,(H,17,20). The van der Waals surface area contributed by atoms with Crippen molar-refractivity contribution in [3.63, 3.8) is 0 Å². The molecule has 1 aliphatic rings. The fourth-order valence-electron chi connectivity index (χ4n) is 2.37. The van der Waals surface area contributed by atoms with Gasteiger partial charge in [0.25, 0.3) is 0 Å². The highest BCUT2D eigenvalue weighted by Crippen LogP contribution is 2.13. The zero-order chi connectivity index (χ0) is 15.9. The molecule has 0 atom stereocenters. The highest BCUT2D eigenvalue weighted by atomic mass is 16.5. The second kappa shape index (κ2) is 13.6. The topological polar surface area (TPSA) is 79.9 Å². The lowest BCUT2D eigenvalue weighted by atomic mass is 10.1. The van der Waals surface area contributed by atoms with Crippen molar-refractivity contribution < 1.29 is 19.1 Å². The lowest BCUT2D eigenvalue weighted by Gasteiger charge is -2.31. The van der Waals surface area contributed by atoms with Crippen LogP contribution >= 0.6 is 0 Å². The van der Waals surface area contributed by atoms with Gasteiger partial charge < -0.3 is 29.8 Å². The van der Waals surface area contributed by atoms with Crippen LogP contribution in [0.1, 0.15) is 19.3 Å². The summed E-state index contributed by atoms with van der Waals surface area (Å²) in [6.07, 6.45) is 4.63. The third-order valence-electron chi connectivity index (χ3n) is 3.63. The van der Waals surface area contributed by atoms with Crippen LogP contribution in [0.4, 0.5) is 0 Å². The van der Waals surface area contributed by atoms with E-state index >= 15 is 0 Å². The van der Waals surface area contributed by atoms with E-state index in [0.29, 0.717) is 45.3 Å². The van der Waals surface area contributed by atoms with Crippen LogP contribution in [0, 0.1) is 0 Å². The molecule has 1 aliphatic heterocycles. The van der Waals surface area contributed by atoms with Gasteiger partial charge in [0.2, 0.25) is 6.41 Å². The van der Waals surface area contributed by atoms with E-state index in [-0.39, 0.29) is 0 Å². The van der Waals surface area contributed by atoms with Crippen molar-refractivity contribution in [2.24, 2.45) is 0 Å². The molecule has 2 N–H and O–H groups in total. The quantitative estimate of drug-likeness (QED) is 0.329. The van der Waals surface area contributed by atoms with Crippen LogP contribution < -0.4 is 10.6 Å². The van der Waals surface area contributed by atoms with Crippen LogP contribution in [0.2, 0.25) is 0 Å². The van der Waals surface area contributed by atoms with Gasteiger partial charge in [-0.15, -0.1) is 0 Å². The van der Waals surface area contributed by atoms with E-state index in [1.807, 2.05) is 0 Å². The van der Waals surface area contributed by atoms with Gasteiger partial charge in [-0.25, -0.2) is 0 Å². The number of nitrogens with zero attached hydrogens (tertiary/aromatic N) is 1. The monoisotopic (exact) mass is 315 g/mol. The Bertz CT molecular complexity index is 256. The SMILES string of the molecule is O=CCCNCCOC1CCN(CCOCCNC=O)CC1. The van der Waals surface area contributed by atoms with Crippen LogP contribution in [0.3, 0.4) is 0 Å². The van der Waals surface area contributed by atoms with Gasteiger partial charge in [-0.05, 0) is 12.8 Å². The Morgan fingerprint density at radius 2 is 1.86 bits per heavy atom. The summed E-state index contributed by atoms with van der Waals surface area (Å²) >= 11 is 0. The number of carbonyl (C=O) groups excluding carboxylic acids is 2. The maximum absolute atomic E-state index is 10.2. The molecule has 1 saturated heterocycles. The first-order valence-electron chi connectivity index (χ1n) is 8.10. The summed E-state index contributed by atoms with van der Waals surface area (Å²) in [5.41, 5.74) is 0. The number of likely N-dealkylation sites (tertiary alicyclic amines) is 1. The van der Waals surface area contributed by atoms with Crippen molar-refractivity contribution in [1.82, 2.24) is 15.5 Å². The van der Waals surface area contributed by atoms with Crippen LogP contribution in [0.5, 0.6) is 0 Å². The number of piperidine rings is 1. The van der Waals surface area contributed by atoms with Gasteiger partial charge in [0.15, 0.2) is 0 Å². The maximum Gasteiger partial charge on any atom is 0.207 e. The van der Waals surface area contributed by atoms with Crippen LogP contribution in [0.25, 0.3) is 0 Å². The molecular formula is C15H29N3O4. The summed E-state index contributed by atoms with van der Waals surface area (Å²) in [7, 11) is 0. The van der Waals surface area contributed by atoms with Crippen molar-refractivity contribution in [2.45, 2.75) is 25.4 Å². The zero-order valence-corrected chi connectivity index (χ0v) is 13.3. The molecule has 128 valence electrons. The fraction of sp³-hybridized carbons (Fsp3) is 0.867. The van der Waals surface area contributed by atoms with Gasteiger partial charge in [0.1, 0.15) is 6.29 Å². The molecule has 0 saturated carbocycles. The van der Waals surface area contributed by atoms with Gasteiger partial charge in [0.05, 0.1) is 25.9 Å². The molecule has 0 aliphatic carbocycles. The summed E-state index contributed by atoms with van der Waals surface area (Å²) < 4.78 is 11.3. The number of rotatable bonds is 14. The minimum Gasteiger partial charge on any atom is -0.378 e. The highest BCUT2D eigenvalue weighted by Gasteiger charge is 2.18. The lowest BCUT2D eigenvalue weighted by Crippen LogP contribution is -2.39. The second-order valence-electron chi connectivity index (χ2n) is 5.30. The summed E-state index contributed by atoms with van der Waals surface area (Å²) in [5, 5.41) is 5.74. The van der Waals surface area contributed by atoms with E-state index in [0.717, 1.165) is 51.9 Å². The van der Waals surface area contributed by atoms with E-state index in [1.165, 1.54) is 0 Å². The predicted molar refractivity (Wildman–Crippen MR) is 83.9 cm³/mol. The van der Waals surface area contributed by atoms with E-state index < -0.39 is 0 Å². The number of amides is 1. The van der Waals surface area contributed by atoms with Crippen molar-refractivity contribution in [2.75, 3.05) is 59.1 Å². The third kappa shape index (κ3) is 9.83. The molecule has 0 aromatic carbocycles. The first-order chi connectivity index (χ1) is 10.9. The molecule has 1 heterocycles. The fourth-order valence-corrected chi connectivity index (χ4v) is 2.37. The van der Waals surface area contributed by atoms with E-state index in [4.69, 9.17) is 9.47 Å². The first-order valence-corrected chi connectivity index (χ1v) is 8.10. The largest absolute Gasteiger partial charge is 0.378 e. The normalized spacial score (nSPS) is 16.5. The number of hydrogen-bond acceptors (Lipinski definition) is 6. The number of ether oxygens (including phenoxy) is 2. The van der Waals surface area contributed by atoms with Crippen molar-refractivity contribution in [1.29, 1.82) is 0 Å². The molecule has 1 fully saturated rings. The van der Waals surface area contributed by atoms with Crippen molar-refractivity contribution >= 4 is 12.7 Å². The molecule has 22 heavy (non-hydrogen) atoms. The van der Waals surface area contributed by atoms with Gasteiger partial charge >= 0.3 is 0 Å². The van der Waals surface area contributed by atoms with Gasteiger partial charge in [0, 0.05) is 45.7 Å². The van der Waals surface area contributed by atoms with Gasteiger partial charge in [-0.3, -0.25) is 4.79 Å².